The summed E-state index contributed by atoms with van der Waals surface area (Å²) >= 11 is 1.69. The van der Waals surface area contributed by atoms with Gasteiger partial charge in [-0.25, -0.2) is 4.98 Å². The first kappa shape index (κ1) is 21.1. The van der Waals surface area contributed by atoms with Gasteiger partial charge in [0.05, 0.1) is 31.8 Å². The molecule has 3 aliphatic rings. The molecule has 0 radical (unpaired) electrons. The normalized spacial score (nSPS) is 21.9. The number of carbonyl (C=O) groups is 1. The maximum Gasteiger partial charge on any atom is 0.223 e. The SMILES string of the molecule is COc1ccc2c3c(n(C)c2c1)[C@H](CO)N(C(=O)CC1CC1)CC31CN(Cc2nccs2)C1. The van der Waals surface area contributed by atoms with Crippen molar-refractivity contribution < 1.29 is 14.6 Å². The Morgan fingerprint density at radius 2 is 2.12 bits per heavy atom. The van der Waals surface area contributed by atoms with Crippen LogP contribution in [0.4, 0.5) is 0 Å². The average Bonchev–Trinajstić information content (AvgIpc) is 3.37. The molecule has 4 heterocycles. The number of aryl methyl sites for hydroxylation is 1. The highest BCUT2D eigenvalue weighted by molar-refractivity contribution is 7.09. The molecule has 7 nitrogen and oxygen atoms in total. The summed E-state index contributed by atoms with van der Waals surface area (Å²) in [5, 5.41) is 14.8. The molecule has 1 spiro atoms. The molecule has 1 atom stereocenters. The van der Waals surface area contributed by atoms with Crippen LogP contribution in [0.1, 0.15) is 41.6 Å². The molecule has 0 unspecified atom stereocenters. The van der Waals surface area contributed by atoms with Crippen LogP contribution in [0.5, 0.6) is 5.75 Å². The van der Waals surface area contributed by atoms with Crippen LogP contribution >= 0.6 is 11.3 Å². The molecule has 174 valence electrons. The number of amides is 1. The molecule has 2 aromatic heterocycles. The van der Waals surface area contributed by atoms with Crippen LogP contribution in [0.3, 0.4) is 0 Å². The second-order valence-electron chi connectivity index (χ2n) is 9.92. The summed E-state index contributed by atoms with van der Waals surface area (Å²) in [6.07, 6.45) is 4.75. The highest BCUT2D eigenvalue weighted by Crippen LogP contribution is 2.50. The van der Waals surface area contributed by atoms with Gasteiger partial charge in [-0.15, -0.1) is 11.3 Å². The van der Waals surface area contributed by atoms with E-state index in [0.717, 1.165) is 54.4 Å². The zero-order valence-corrected chi connectivity index (χ0v) is 20.0. The van der Waals surface area contributed by atoms with Gasteiger partial charge >= 0.3 is 0 Å². The number of ether oxygens (including phenoxy) is 1. The first-order valence-corrected chi connectivity index (χ1v) is 12.6. The predicted molar refractivity (Wildman–Crippen MR) is 127 cm³/mol. The molecule has 1 saturated carbocycles. The monoisotopic (exact) mass is 466 g/mol. The first-order chi connectivity index (χ1) is 16.0. The quantitative estimate of drug-likeness (QED) is 0.605. The van der Waals surface area contributed by atoms with Crippen LogP contribution in [0.25, 0.3) is 10.9 Å². The molecule has 1 saturated heterocycles. The lowest BCUT2D eigenvalue weighted by Crippen LogP contribution is -2.66. The summed E-state index contributed by atoms with van der Waals surface area (Å²) in [5.41, 5.74) is 3.33. The maximum atomic E-state index is 13.4. The molecular formula is C25H30N4O3S. The molecular weight excluding hydrogens is 436 g/mol. The third-order valence-electron chi connectivity index (χ3n) is 7.70. The predicted octanol–water partition coefficient (Wildman–Crippen LogP) is 3.07. The fourth-order valence-corrected chi connectivity index (χ4v) is 6.67. The summed E-state index contributed by atoms with van der Waals surface area (Å²) in [6, 6.07) is 5.92. The maximum absolute atomic E-state index is 13.4. The van der Waals surface area contributed by atoms with Crippen molar-refractivity contribution in [1.82, 2.24) is 19.4 Å². The standard InChI is InChI=1S/C25H30N4O3S/c1-27-19-10-17(32-2)5-6-18(19)23-24(27)20(12-30)29(22(31)9-16-3-4-16)15-25(23)13-28(14-25)11-21-26-7-8-33-21/h5-8,10,16,20,30H,3-4,9,11-15H2,1-2H3/t20-/m0/s1. The summed E-state index contributed by atoms with van der Waals surface area (Å²) in [7, 11) is 3.74. The number of benzene rings is 1. The number of hydrogen-bond donors (Lipinski definition) is 1. The molecule has 2 aliphatic heterocycles. The number of likely N-dealkylation sites (tertiary alicyclic amines) is 1. The Labute approximate surface area is 197 Å². The minimum absolute atomic E-state index is 0.0659. The van der Waals surface area contributed by atoms with E-state index in [1.807, 2.05) is 22.5 Å². The summed E-state index contributed by atoms with van der Waals surface area (Å²) in [5.74, 6) is 1.52. The van der Waals surface area contributed by atoms with E-state index in [4.69, 9.17) is 4.74 Å². The number of thiazole rings is 1. The largest absolute Gasteiger partial charge is 0.497 e. The molecule has 3 aromatic rings. The highest BCUT2D eigenvalue weighted by Gasteiger charge is 2.54. The zero-order chi connectivity index (χ0) is 22.7. The molecule has 33 heavy (non-hydrogen) atoms. The van der Waals surface area contributed by atoms with Crippen molar-refractivity contribution in [3.8, 4) is 5.75 Å². The number of fused-ring (bicyclic) bond motifs is 4. The third kappa shape index (κ3) is 3.38. The van der Waals surface area contributed by atoms with Crippen LogP contribution in [-0.2, 0) is 23.8 Å². The minimum Gasteiger partial charge on any atom is -0.497 e. The van der Waals surface area contributed by atoms with Crippen molar-refractivity contribution in [3.63, 3.8) is 0 Å². The zero-order valence-electron chi connectivity index (χ0n) is 19.2. The summed E-state index contributed by atoms with van der Waals surface area (Å²) < 4.78 is 7.68. The van der Waals surface area contributed by atoms with Gasteiger partial charge in [0.25, 0.3) is 0 Å². The molecule has 6 rings (SSSR count). The minimum atomic E-state index is -0.312. The van der Waals surface area contributed by atoms with Crippen LogP contribution in [-0.4, -0.2) is 63.7 Å². The smallest absolute Gasteiger partial charge is 0.223 e. The van der Waals surface area contributed by atoms with Crippen LogP contribution in [0.15, 0.2) is 29.8 Å². The molecule has 1 N–H and O–H groups in total. The highest BCUT2D eigenvalue weighted by atomic mass is 32.1. The Kier molecular flexibility index (Phi) is 5.01. The van der Waals surface area contributed by atoms with E-state index in [1.54, 1.807) is 18.4 Å². The lowest BCUT2D eigenvalue weighted by Gasteiger charge is -2.56. The number of nitrogens with zero attached hydrogens (tertiary/aromatic N) is 4. The van der Waals surface area contributed by atoms with Crippen molar-refractivity contribution in [2.75, 3.05) is 33.4 Å². The fraction of sp³-hybridized carbons (Fsp3) is 0.520. The Hall–Kier alpha value is -2.42. The molecule has 8 heteroatoms. The number of aliphatic hydroxyl groups excluding tert-OH is 1. The van der Waals surface area contributed by atoms with E-state index in [1.165, 1.54) is 10.9 Å². The Bertz CT molecular complexity index is 1190. The van der Waals surface area contributed by atoms with Crippen molar-refractivity contribution in [2.24, 2.45) is 13.0 Å². The van der Waals surface area contributed by atoms with E-state index in [-0.39, 0.29) is 24.0 Å². The Morgan fingerprint density at radius 3 is 2.79 bits per heavy atom. The summed E-state index contributed by atoms with van der Waals surface area (Å²) in [6.45, 7) is 3.21. The van der Waals surface area contributed by atoms with Crippen molar-refractivity contribution in [3.05, 3.63) is 46.0 Å². The third-order valence-corrected chi connectivity index (χ3v) is 8.46. The van der Waals surface area contributed by atoms with Crippen molar-refractivity contribution in [1.29, 1.82) is 0 Å². The molecule has 0 bridgehead atoms. The van der Waals surface area contributed by atoms with Gasteiger partial charge in [0.15, 0.2) is 0 Å². The molecule has 1 amide bonds. The van der Waals surface area contributed by atoms with Gasteiger partial charge in [-0.05, 0) is 36.5 Å². The van der Waals surface area contributed by atoms with E-state index in [2.05, 4.69) is 33.6 Å². The molecule has 1 aromatic carbocycles. The number of rotatable bonds is 6. The Morgan fingerprint density at radius 1 is 1.30 bits per heavy atom. The Balaban J connectivity index is 1.44. The van der Waals surface area contributed by atoms with E-state index < -0.39 is 0 Å². The van der Waals surface area contributed by atoms with Gasteiger partial charge in [-0.3, -0.25) is 9.69 Å². The number of aromatic nitrogens is 2. The van der Waals surface area contributed by atoms with Gasteiger partial charge in [0.1, 0.15) is 10.8 Å². The van der Waals surface area contributed by atoms with Gasteiger partial charge in [-0.2, -0.15) is 0 Å². The molecule has 2 fully saturated rings. The van der Waals surface area contributed by atoms with E-state index >= 15 is 0 Å². The number of hydrogen-bond acceptors (Lipinski definition) is 6. The van der Waals surface area contributed by atoms with Crippen molar-refractivity contribution >= 4 is 28.1 Å². The lowest BCUT2D eigenvalue weighted by molar-refractivity contribution is -0.139. The molecule has 1 aliphatic carbocycles. The van der Waals surface area contributed by atoms with Gasteiger partial charge < -0.3 is 19.3 Å². The lowest BCUT2D eigenvalue weighted by atomic mass is 9.68. The average molecular weight is 467 g/mol. The van der Waals surface area contributed by atoms with Crippen molar-refractivity contribution in [2.45, 2.75) is 37.3 Å². The van der Waals surface area contributed by atoms with E-state index in [9.17, 15) is 9.90 Å². The first-order valence-electron chi connectivity index (χ1n) is 11.7. The fourth-order valence-electron chi connectivity index (χ4n) is 6.01. The summed E-state index contributed by atoms with van der Waals surface area (Å²) in [4.78, 5) is 22.3. The van der Waals surface area contributed by atoms with Gasteiger partial charge in [-0.1, -0.05) is 0 Å². The topological polar surface area (TPSA) is 70.8 Å². The number of methoxy groups -OCH3 is 1. The van der Waals surface area contributed by atoms with Gasteiger partial charge in [0.2, 0.25) is 5.91 Å². The van der Waals surface area contributed by atoms with E-state index in [0.29, 0.717) is 18.9 Å². The second kappa shape index (κ2) is 7.82. The van der Waals surface area contributed by atoms with Crippen LogP contribution < -0.4 is 4.74 Å². The number of aliphatic hydroxyl groups is 1. The van der Waals surface area contributed by atoms with Crippen LogP contribution in [0, 0.1) is 5.92 Å². The van der Waals surface area contributed by atoms with Gasteiger partial charge in [0, 0.05) is 67.2 Å². The number of carbonyl (C=O) groups excluding carboxylic acids is 1. The second-order valence-corrected chi connectivity index (χ2v) is 10.9. The van der Waals surface area contributed by atoms with Crippen LogP contribution in [0.2, 0.25) is 0 Å².